The third-order valence-electron chi connectivity index (χ3n) is 3.60. The molecule has 0 atom stereocenters. The van der Waals surface area contributed by atoms with Gasteiger partial charge in [-0.3, -0.25) is 0 Å². The van der Waals surface area contributed by atoms with E-state index in [0.29, 0.717) is 12.2 Å². The lowest BCUT2D eigenvalue weighted by molar-refractivity contribution is 0.0526. The quantitative estimate of drug-likeness (QED) is 0.840. The number of carbonyl (C=O) groups is 1. The third-order valence-corrected chi connectivity index (χ3v) is 3.60. The maximum absolute atomic E-state index is 11.6. The molecule has 0 spiro atoms. The lowest BCUT2D eigenvalue weighted by Gasteiger charge is -2.11. The number of hydrogen-bond acceptors (Lipinski definition) is 3. The van der Waals surface area contributed by atoms with Gasteiger partial charge in [0.1, 0.15) is 0 Å². The SMILES string of the molecule is CCOC(=O)c1ccc(NCc2cccc(C)c2C)cc1. The fourth-order valence-corrected chi connectivity index (χ4v) is 2.14. The standard InChI is InChI=1S/C18H21NO2/c1-4-21-18(20)15-8-10-17(11-9-15)19-12-16-7-5-6-13(2)14(16)3/h5-11,19H,4,12H2,1-3H3. The average molecular weight is 283 g/mol. The highest BCUT2D eigenvalue weighted by molar-refractivity contribution is 5.89. The molecule has 2 aromatic rings. The van der Waals surface area contributed by atoms with Gasteiger partial charge in [-0.05, 0) is 61.7 Å². The van der Waals surface area contributed by atoms with Crippen LogP contribution in [0.1, 0.15) is 34.0 Å². The first-order valence-corrected chi connectivity index (χ1v) is 7.18. The number of esters is 1. The number of nitrogens with one attached hydrogen (secondary N) is 1. The molecule has 0 aromatic heterocycles. The number of ether oxygens (including phenoxy) is 1. The Balaban J connectivity index is 2.01. The van der Waals surface area contributed by atoms with Gasteiger partial charge in [0.05, 0.1) is 12.2 Å². The zero-order valence-electron chi connectivity index (χ0n) is 12.8. The van der Waals surface area contributed by atoms with Crippen molar-refractivity contribution < 1.29 is 9.53 Å². The van der Waals surface area contributed by atoms with Crippen LogP contribution >= 0.6 is 0 Å². The van der Waals surface area contributed by atoms with E-state index in [0.717, 1.165) is 12.2 Å². The summed E-state index contributed by atoms with van der Waals surface area (Å²) >= 11 is 0. The molecule has 0 aliphatic carbocycles. The molecular formula is C18H21NO2. The highest BCUT2D eigenvalue weighted by Crippen LogP contribution is 2.16. The Kier molecular flexibility index (Phi) is 4.99. The average Bonchev–Trinajstić information content (AvgIpc) is 2.49. The molecule has 0 radical (unpaired) electrons. The van der Waals surface area contributed by atoms with E-state index in [2.05, 4.69) is 37.4 Å². The predicted octanol–water partition coefficient (Wildman–Crippen LogP) is 4.09. The van der Waals surface area contributed by atoms with Crippen molar-refractivity contribution in [2.75, 3.05) is 11.9 Å². The summed E-state index contributed by atoms with van der Waals surface area (Å²) in [4.78, 5) is 11.6. The number of benzene rings is 2. The highest BCUT2D eigenvalue weighted by atomic mass is 16.5. The Morgan fingerprint density at radius 1 is 1.10 bits per heavy atom. The summed E-state index contributed by atoms with van der Waals surface area (Å²) in [5, 5.41) is 3.38. The number of hydrogen-bond donors (Lipinski definition) is 1. The number of aryl methyl sites for hydroxylation is 1. The van der Waals surface area contributed by atoms with Crippen LogP contribution in [0.25, 0.3) is 0 Å². The van der Waals surface area contributed by atoms with Gasteiger partial charge in [-0.1, -0.05) is 18.2 Å². The molecule has 21 heavy (non-hydrogen) atoms. The smallest absolute Gasteiger partial charge is 0.338 e. The van der Waals surface area contributed by atoms with Crippen LogP contribution in [0, 0.1) is 13.8 Å². The highest BCUT2D eigenvalue weighted by Gasteiger charge is 2.06. The molecule has 110 valence electrons. The van der Waals surface area contributed by atoms with Gasteiger partial charge in [0.25, 0.3) is 0 Å². The normalized spacial score (nSPS) is 10.2. The van der Waals surface area contributed by atoms with Crippen LogP contribution in [0.4, 0.5) is 5.69 Å². The van der Waals surface area contributed by atoms with Crippen LogP contribution in [0.5, 0.6) is 0 Å². The summed E-state index contributed by atoms with van der Waals surface area (Å²) in [7, 11) is 0. The maximum Gasteiger partial charge on any atom is 0.338 e. The monoisotopic (exact) mass is 283 g/mol. The van der Waals surface area contributed by atoms with Gasteiger partial charge in [0.15, 0.2) is 0 Å². The van der Waals surface area contributed by atoms with E-state index in [1.54, 1.807) is 19.1 Å². The minimum atomic E-state index is -0.279. The van der Waals surface area contributed by atoms with Crippen LogP contribution in [0.2, 0.25) is 0 Å². The van der Waals surface area contributed by atoms with Crippen molar-refractivity contribution in [1.29, 1.82) is 0 Å². The third kappa shape index (κ3) is 3.85. The van der Waals surface area contributed by atoms with Crippen molar-refractivity contribution in [3.8, 4) is 0 Å². The first-order valence-electron chi connectivity index (χ1n) is 7.18. The van der Waals surface area contributed by atoms with E-state index in [4.69, 9.17) is 4.74 Å². The number of rotatable bonds is 5. The summed E-state index contributed by atoms with van der Waals surface area (Å²) < 4.78 is 4.97. The fourth-order valence-electron chi connectivity index (χ4n) is 2.14. The maximum atomic E-state index is 11.6. The molecule has 2 rings (SSSR count). The Morgan fingerprint density at radius 2 is 1.81 bits per heavy atom. The molecule has 0 aliphatic rings. The lowest BCUT2D eigenvalue weighted by atomic mass is 10.0. The molecule has 0 saturated carbocycles. The predicted molar refractivity (Wildman–Crippen MR) is 85.6 cm³/mol. The van der Waals surface area contributed by atoms with Gasteiger partial charge >= 0.3 is 5.97 Å². The van der Waals surface area contributed by atoms with E-state index in [9.17, 15) is 4.79 Å². The molecule has 3 heteroatoms. The summed E-state index contributed by atoms with van der Waals surface area (Å²) in [6, 6.07) is 13.7. The van der Waals surface area contributed by atoms with Crippen LogP contribution in [0.3, 0.4) is 0 Å². The summed E-state index contributed by atoms with van der Waals surface area (Å²) in [5.74, 6) is -0.279. The molecule has 0 aliphatic heterocycles. The van der Waals surface area contributed by atoms with E-state index in [-0.39, 0.29) is 5.97 Å². The Morgan fingerprint density at radius 3 is 2.48 bits per heavy atom. The topological polar surface area (TPSA) is 38.3 Å². The van der Waals surface area contributed by atoms with Gasteiger partial charge in [-0.25, -0.2) is 4.79 Å². The fraction of sp³-hybridized carbons (Fsp3) is 0.278. The molecule has 0 amide bonds. The minimum absolute atomic E-state index is 0.279. The zero-order valence-corrected chi connectivity index (χ0v) is 12.8. The van der Waals surface area contributed by atoms with Gasteiger partial charge < -0.3 is 10.1 Å². The Labute approximate surface area is 126 Å². The molecule has 2 aromatic carbocycles. The van der Waals surface area contributed by atoms with E-state index < -0.39 is 0 Å². The molecular weight excluding hydrogens is 262 g/mol. The summed E-state index contributed by atoms with van der Waals surface area (Å²) in [6.45, 7) is 7.22. The van der Waals surface area contributed by atoms with Gasteiger partial charge in [0, 0.05) is 12.2 Å². The minimum Gasteiger partial charge on any atom is -0.462 e. The van der Waals surface area contributed by atoms with Crippen LogP contribution in [0.15, 0.2) is 42.5 Å². The molecule has 0 bridgehead atoms. The largest absolute Gasteiger partial charge is 0.462 e. The lowest BCUT2D eigenvalue weighted by Crippen LogP contribution is -2.05. The van der Waals surface area contributed by atoms with E-state index in [1.807, 2.05) is 12.1 Å². The molecule has 0 heterocycles. The van der Waals surface area contributed by atoms with Crippen molar-refractivity contribution in [1.82, 2.24) is 0 Å². The number of carbonyl (C=O) groups excluding carboxylic acids is 1. The van der Waals surface area contributed by atoms with E-state index >= 15 is 0 Å². The van der Waals surface area contributed by atoms with Crippen molar-refractivity contribution in [2.45, 2.75) is 27.3 Å². The second kappa shape index (κ2) is 6.93. The van der Waals surface area contributed by atoms with Crippen LogP contribution in [-0.2, 0) is 11.3 Å². The zero-order chi connectivity index (χ0) is 15.2. The molecule has 0 saturated heterocycles. The van der Waals surface area contributed by atoms with Gasteiger partial charge in [-0.15, -0.1) is 0 Å². The van der Waals surface area contributed by atoms with Gasteiger partial charge in [-0.2, -0.15) is 0 Å². The first kappa shape index (κ1) is 15.1. The van der Waals surface area contributed by atoms with Crippen LogP contribution < -0.4 is 5.32 Å². The summed E-state index contributed by atoms with van der Waals surface area (Å²) in [6.07, 6.45) is 0. The van der Waals surface area contributed by atoms with E-state index in [1.165, 1.54) is 16.7 Å². The molecule has 3 nitrogen and oxygen atoms in total. The second-order valence-corrected chi connectivity index (χ2v) is 5.01. The van der Waals surface area contributed by atoms with Crippen molar-refractivity contribution in [3.63, 3.8) is 0 Å². The Bertz CT molecular complexity index is 618. The Hall–Kier alpha value is -2.29. The molecule has 1 N–H and O–H groups in total. The number of anilines is 1. The first-order chi connectivity index (χ1) is 10.1. The van der Waals surface area contributed by atoms with Crippen molar-refractivity contribution >= 4 is 11.7 Å². The molecule has 0 fully saturated rings. The van der Waals surface area contributed by atoms with Crippen molar-refractivity contribution in [3.05, 3.63) is 64.7 Å². The summed E-state index contributed by atoms with van der Waals surface area (Å²) in [5.41, 5.74) is 5.46. The van der Waals surface area contributed by atoms with Crippen LogP contribution in [-0.4, -0.2) is 12.6 Å². The molecule has 0 unspecified atom stereocenters. The van der Waals surface area contributed by atoms with Gasteiger partial charge in [0.2, 0.25) is 0 Å². The van der Waals surface area contributed by atoms with Crippen molar-refractivity contribution in [2.24, 2.45) is 0 Å². The second-order valence-electron chi connectivity index (χ2n) is 5.01.